The van der Waals surface area contributed by atoms with Crippen LogP contribution in [-0.4, -0.2) is 17.1 Å². The third-order valence-corrected chi connectivity index (χ3v) is 3.17. The summed E-state index contributed by atoms with van der Waals surface area (Å²) < 4.78 is 0. The summed E-state index contributed by atoms with van der Waals surface area (Å²) in [6, 6.07) is 5.22. The molecule has 6 heteroatoms. The van der Waals surface area contributed by atoms with Crippen LogP contribution < -0.4 is 16.2 Å². The van der Waals surface area contributed by atoms with Crippen molar-refractivity contribution in [2.24, 2.45) is 0 Å². The molecule has 2 rings (SSSR count). The van der Waals surface area contributed by atoms with E-state index in [1.54, 1.807) is 18.2 Å². The number of rotatable bonds is 3. The SMILES string of the molecule is O=C(NNc1cccc(Cl)n1)NC1CCCCC1. The molecule has 0 spiro atoms. The van der Waals surface area contributed by atoms with Gasteiger partial charge in [0.1, 0.15) is 11.0 Å². The van der Waals surface area contributed by atoms with Gasteiger partial charge >= 0.3 is 6.03 Å². The summed E-state index contributed by atoms with van der Waals surface area (Å²) in [5.41, 5.74) is 5.27. The Morgan fingerprint density at radius 3 is 2.78 bits per heavy atom. The van der Waals surface area contributed by atoms with Gasteiger partial charge in [0, 0.05) is 6.04 Å². The van der Waals surface area contributed by atoms with Gasteiger partial charge in [0.25, 0.3) is 0 Å². The maximum atomic E-state index is 11.6. The van der Waals surface area contributed by atoms with Gasteiger partial charge in [0.05, 0.1) is 0 Å². The van der Waals surface area contributed by atoms with Crippen LogP contribution in [0.15, 0.2) is 18.2 Å². The van der Waals surface area contributed by atoms with Crippen LogP contribution in [0.5, 0.6) is 0 Å². The molecule has 18 heavy (non-hydrogen) atoms. The number of carbonyl (C=O) groups is 1. The van der Waals surface area contributed by atoms with Crippen molar-refractivity contribution >= 4 is 23.4 Å². The summed E-state index contributed by atoms with van der Waals surface area (Å²) >= 11 is 5.74. The van der Waals surface area contributed by atoms with Crippen LogP contribution in [-0.2, 0) is 0 Å². The Morgan fingerprint density at radius 1 is 1.28 bits per heavy atom. The summed E-state index contributed by atoms with van der Waals surface area (Å²) in [4.78, 5) is 15.6. The van der Waals surface area contributed by atoms with E-state index in [2.05, 4.69) is 21.2 Å². The Hall–Kier alpha value is -1.49. The molecule has 1 saturated carbocycles. The summed E-state index contributed by atoms with van der Waals surface area (Å²) in [6.07, 6.45) is 5.76. The summed E-state index contributed by atoms with van der Waals surface area (Å²) in [5, 5.41) is 3.31. The number of pyridine rings is 1. The number of halogens is 1. The van der Waals surface area contributed by atoms with Crippen molar-refractivity contribution < 1.29 is 4.79 Å². The Balaban J connectivity index is 1.74. The van der Waals surface area contributed by atoms with E-state index in [4.69, 9.17) is 11.6 Å². The van der Waals surface area contributed by atoms with Crippen molar-refractivity contribution in [3.63, 3.8) is 0 Å². The average molecular weight is 269 g/mol. The number of hydrogen-bond acceptors (Lipinski definition) is 3. The first-order valence-corrected chi connectivity index (χ1v) is 6.57. The molecule has 0 aromatic carbocycles. The van der Waals surface area contributed by atoms with Crippen molar-refractivity contribution in [1.82, 2.24) is 15.7 Å². The van der Waals surface area contributed by atoms with Crippen molar-refractivity contribution in [1.29, 1.82) is 0 Å². The molecule has 0 radical (unpaired) electrons. The molecule has 0 bridgehead atoms. The zero-order valence-electron chi connectivity index (χ0n) is 10.1. The second-order valence-electron chi connectivity index (χ2n) is 4.40. The molecule has 1 aliphatic rings. The van der Waals surface area contributed by atoms with Crippen LogP contribution in [0.4, 0.5) is 10.6 Å². The normalized spacial score (nSPS) is 16.1. The van der Waals surface area contributed by atoms with Gasteiger partial charge in [-0.15, -0.1) is 0 Å². The van der Waals surface area contributed by atoms with Crippen LogP contribution in [0.3, 0.4) is 0 Å². The zero-order chi connectivity index (χ0) is 12.8. The number of nitrogens with one attached hydrogen (secondary N) is 3. The molecule has 1 aliphatic carbocycles. The lowest BCUT2D eigenvalue weighted by atomic mass is 9.96. The number of nitrogens with zero attached hydrogens (tertiary/aromatic N) is 1. The second kappa shape index (κ2) is 6.44. The number of hydrazine groups is 1. The highest BCUT2D eigenvalue weighted by atomic mass is 35.5. The molecule has 2 amide bonds. The molecule has 0 unspecified atom stereocenters. The van der Waals surface area contributed by atoms with E-state index in [-0.39, 0.29) is 12.1 Å². The minimum atomic E-state index is -0.233. The molecule has 1 fully saturated rings. The Bertz CT molecular complexity index is 407. The van der Waals surface area contributed by atoms with Gasteiger partial charge in [-0.05, 0) is 25.0 Å². The smallest absolute Gasteiger partial charge is 0.333 e. The first-order chi connectivity index (χ1) is 8.74. The van der Waals surface area contributed by atoms with E-state index in [0.717, 1.165) is 12.8 Å². The summed E-state index contributed by atoms with van der Waals surface area (Å²) in [7, 11) is 0. The third kappa shape index (κ3) is 4.07. The summed E-state index contributed by atoms with van der Waals surface area (Å²) in [5.74, 6) is 0.515. The molecular formula is C12H17ClN4O. The van der Waals surface area contributed by atoms with Gasteiger partial charge in [0.15, 0.2) is 0 Å². The van der Waals surface area contributed by atoms with E-state index >= 15 is 0 Å². The fourth-order valence-electron chi connectivity index (χ4n) is 2.07. The Morgan fingerprint density at radius 2 is 2.06 bits per heavy atom. The molecule has 0 atom stereocenters. The van der Waals surface area contributed by atoms with Crippen LogP contribution in [0, 0.1) is 0 Å². The van der Waals surface area contributed by atoms with Crippen molar-refractivity contribution in [2.75, 3.05) is 5.43 Å². The number of amides is 2. The quantitative estimate of drug-likeness (QED) is 0.583. The standard InChI is InChI=1S/C12H17ClN4O/c13-10-7-4-8-11(15-10)16-17-12(18)14-9-5-2-1-3-6-9/h4,7-9H,1-3,5-6H2,(H,15,16)(H2,14,17,18). The molecule has 5 nitrogen and oxygen atoms in total. The van der Waals surface area contributed by atoms with Gasteiger partial charge in [-0.25, -0.2) is 9.78 Å². The largest absolute Gasteiger partial charge is 0.334 e. The molecular weight excluding hydrogens is 252 g/mol. The number of aromatic nitrogens is 1. The maximum Gasteiger partial charge on any atom is 0.333 e. The molecule has 0 aliphatic heterocycles. The molecule has 98 valence electrons. The average Bonchev–Trinajstić information content (AvgIpc) is 2.38. The third-order valence-electron chi connectivity index (χ3n) is 2.96. The Kier molecular flexibility index (Phi) is 4.64. The molecule has 1 aromatic rings. The first-order valence-electron chi connectivity index (χ1n) is 6.19. The minimum absolute atomic E-state index is 0.233. The highest BCUT2D eigenvalue weighted by Crippen LogP contribution is 2.17. The van der Waals surface area contributed by atoms with Crippen LogP contribution in [0.1, 0.15) is 32.1 Å². The minimum Gasteiger partial charge on any atom is -0.334 e. The second-order valence-corrected chi connectivity index (χ2v) is 4.79. The first kappa shape index (κ1) is 13.0. The van der Waals surface area contributed by atoms with Gasteiger partial charge in [0.2, 0.25) is 0 Å². The van der Waals surface area contributed by atoms with Crippen LogP contribution in [0.2, 0.25) is 5.15 Å². The number of hydrogen-bond donors (Lipinski definition) is 3. The summed E-state index contributed by atoms with van der Waals surface area (Å²) in [6.45, 7) is 0. The topological polar surface area (TPSA) is 66.0 Å². The van der Waals surface area contributed by atoms with E-state index in [1.807, 2.05) is 0 Å². The molecule has 0 saturated heterocycles. The predicted octanol–water partition coefficient (Wildman–Crippen LogP) is 2.69. The number of urea groups is 1. The fourth-order valence-corrected chi connectivity index (χ4v) is 2.23. The van der Waals surface area contributed by atoms with Crippen molar-refractivity contribution in [2.45, 2.75) is 38.1 Å². The van der Waals surface area contributed by atoms with Gasteiger partial charge < -0.3 is 5.32 Å². The fraction of sp³-hybridized carbons (Fsp3) is 0.500. The highest BCUT2D eigenvalue weighted by molar-refractivity contribution is 6.29. The number of carbonyl (C=O) groups excluding carboxylic acids is 1. The lowest BCUT2D eigenvalue weighted by Gasteiger charge is -2.22. The van der Waals surface area contributed by atoms with Crippen LogP contribution >= 0.6 is 11.6 Å². The van der Waals surface area contributed by atoms with Gasteiger partial charge in [-0.1, -0.05) is 36.9 Å². The molecule has 1 aromatic heterocycles. The lowest BCUT2D eigenvalue weighted by Crippen LogP contribution is -2.45. The van der Waals surface area contributed by atoms with E-state index in [0.29, 0.717) is 11.0 Å². The van der Waals surface area contributed by atoms with E-state index in [9.17, 15) is 4.79 Å². The van der Waals surface area contributed by atoms with E-state index < -0.39 is 0 Å². The van der Waals surface area contributed by atoms with E-state index in [1.165, 1.54) is 19.3 Å². The zero-order valence-corrected chi connectivity index (χ0v) is 10.8. The lowest BCUT2D eigenvalue weighted by molar-refractivity contribution is 0.234. The Labute approximate surface area is 111 Å². The van der Waals surface area contributed by atoms with Gasteiger partial charge in [-0.2, -0.15) is 0 Å². The monoisotopic (exact) mass is 268 g/mol. The molecule has 1 heterocycles. The van der Waals surface area contributed by atoms with Crippen LogP contribution in [0.25, 0.3) is 0 Å². The van der Waals surface area contributed by atoms with Gasteiger partial charge in [-0.3, -0.25) is 10.9 Å². The maximum absolute atomic E-state index is 11.6. The highest BCUT2D eigenvalue weighted by Gasteiger charge is 2.15. The van der Waals surface area contributed by atoms with Crippen molar-refractivity contribution in [3.8, 4) is 0 Å². The number of anilines is 1. The molecule has 3 N–H and O–H groups in total. The van der Waals surface area contributed by atoms with Crippen molar-refractivity contribution in [3.05, 3.63) is 23.4 Å². The predicted molar refractivity (Wildman–Crippen MR) is 71.4 cm³/mol.